The molecule has 1 aromatic rings. The number of esters is 1. The van der Waals surface area contributed by atoms with Crippen molar-refractivity contribution in [3.8, 4) is 5.75 Å². The molecule has 13 atom stereocenters. The third-order valence-electron chi connectivity index (χ3n) is 15.9. The van der Waals surface area contributed by atoms with Crippen LogP contribution in [0.3, 0.4) is 0 Å². The molecule has 0 aromatic heterocycles. The molecule has 4 aliphatic rings. The molecule has 4 aliphatic heterocycles. The Morgan fingerprint density at radius 3 is 2.37 bits per heavy atom. The lowest BCUT2D eigenvalue weighted by Gasteiger charge is -2.40. The predicted octanol–water partition coefficient (Wildman–Crippen LogP) is 8.61. The van der Waals surface area contributed by atoms with Crippen LogP contribution in [0.2, 0.25) is 0 Å². The number of hydrazine groups is 1. The number of aliphatic hydroxyl groups excluding tert-OH is 1. The summed E-state index contributed by atoms with van der Waals surface area (Å²) in [6.45, 7) is 18.3. The van der Waals surface area contributed by atoms with E-state index in [4.69, 9.17) is 14.2 Å². The van der Waals surface area contributed by atoms with E-state index in [2.05, 4.69) is 60.4 Å². The minimum absolute atomic E-state index is 0.0166. The first kappa shape index (κ1) is 60.8. The van der Waals surface area contributed by atoms with Crippen LogP contribution in [0, 0.1) is 35.5 Å². The number of hydrogen-bond donors (Lipinski definition) is 6. The zero-order valence-electron chi connectivity index (χ0n) is 46.6. The number of methoxy groups -OCH3 is 1. The minimum atomic E-state index is -1.10. The molecular formula is C60H91N5O10. The van der Waals surface area contributed by atoms with Gasteiger partial charge in [0, 0.05) is 38.8 Å². The van der Waals surface area contributed by atoms with Crippen LogP contribution < -0.4 is 21.4 Å². The van der Waals surface area contributed by atoms with Gasteiger partial charge in [0.2, 0.25) is 17.7 Å². The average molecular weight is 1040 g/mol. The van der Waals surface area contributed by atoms with Crippen LogP contribution in [0.15, 0.2) is 84.0 Å². The van der Waals surface area contributed by atoms with E-state index in [0.29, 0.717) is 50.5 Å². The van der Waals surface area contributed by atoms with E-state index in [1.54, 1.807) is 25.3 Å². The summed E-state index contributed by atoms with van der Waals surface area (Å²) in [7, 11) is 1.65. The maximum absolute atomic E-state index is 14.5. The summed E-state index contributed by atoms with van der Waals surface area (Å²) in [5, 5.41) is 31.9. The molecule has 3 saturated heterocycles. The number of allylic oxidation sites excluding steroid dienone is 7. The van der Waals surface area contributed by atoms with Gasteiger partial charge in [0.05, 0.1) is 24.2 Å². The van der Waals surface area contributed by atoms with Crippen molar-refractivity contribution < 1.29 is 48.4 Å². The zero-order chi connectivity index (χ0) is 54.8. The molecule has 0 aliphatic carbocycles. The molecule has 15 nitrogen and oxygen atoms in total. The molecule has 3 fully saturated rings. The Hall–Kier alpha value is -5.09. The van der Waals surface area contributed by atoms with Gasteiger partial charge in [-0.2, -0.15) is 0 Å². The second-order valence-corrected chi connectivity index (χ2v) is 22.3. The Balaban J connectivity index is 1.29. The monoisotopic (exact) mass is 1040 g/mol. The number of aliphatic hydroxyl groups is 1. The number of hydrogen-bond acceptors (Lipinski definition) is 11. The molecule has 1 aromatic carbocycles. The van der Waals surface area contributed by atoms with Crippen LogP contribution in [0.4, 0.5) is 0 Å². The molecule has 4 amide bonds. The minimum Gasteiger partial charge on any atom is -0.508 e. The predicted molar refractivity (Wildman–Crippen MR) is 292 cm³/mol. The first-order valence-electron chi connectivity index (χ1n) is 28.0. The maximum Gasteiger partial charge on any atom is 0.325 e. The Labute approximate surface area is 447 Å². The van der Waals surface area contributed by atoms with E-state index in [9.17, 15) is 34.2 Å². The van der Waals surface area contributed by atoms with Gasteiger partial charge >= 0.3 is 5.97 Å². The van der Waals surface area contributed by atoms with Crippen molar-refractivity contribution in [1.82, 2.24) is 26.4 Å². The lowest BCUT2D eigenvalue weighted by Crippen LogP contribution is -2.62. The topological polar surface area (TPSA) is 205 Å². The van der Waals surface area contributed by atoms with Crippen LogP contribution in [0.1, 0.15) is 151 Å². The summed E-state index contributed by atoms with van der Waals surface area (Å²) < 4.78 is 18.6. The summed E-state index contributed by atoms with van der Waals surface area (Å²) in [4.78, 5) is 69.7. The Kier molecular flexibility index (Phi) is 23.8. The number of piperidine rings is 1. The van der Waals surface area contributed by atoms with E-state index in [-0.39, 0.29) is 72.3 Å². The van der Waals surface area contributed by atoms with Gasteiger partial charge in [0.15, 0.2) is 5.72 Å². The number of nitrogens with zero attached hydrogens (tertiary/aromatic N) is 1. The van der Waals surface area contributed by atoms with Crippen molar-refractivity contribution >= 4 is 29.6 Å². The Bertz CT molecular complexity index is 2220. The van der Waals surface area contributed by atoms with Crippen LogP contribution in [-0.2, 0) is 44.6 Å². The van der Waals surface area contributed by atoms with Gasteiger partial charge in [0.1, 0.15) is 30.0 Å². The van der Waals surface area contributed by atoms with E-state index in [0.717, 1.165) is 49.7 Å². The SMILES string of the molecule is CCC1CC[C@@](OC)(/C(C)=C\C(C)CCC(O)C(C)CC/C=C/C=C(\C)[C@@H]2C/C=C/C=C/CC(C)C3OC(C)CCC3C(=O)NC(C(C)C)C(=O)NC(Cc3cccc(O)c3)C(=O)N3CCCC(N3)C(=O)O2)NC1=O. The highest BCUT2D eigenvalue weighted by molar-refractivity contribution is 5.93. The molecule has 5 rings (SSSR count). The quantitative estimate of drug-likeness (QED) is 0.0526. The number of rotatable bonds is 16. The normalized spacial score (nSPS) is 31.4. The van der Waals surface area contributed by atoms with Crippen LogP contribution in [0.25, 0.3) is 0 Å². The van der Waals surface area contributed by atoms with Crippen molar-refractivity contribution in [2.24, 2.45) is 35.5 Å². The Morgan fingerprint density at radius 2 is 1.68 bits per heavy atom. The molecule has 0 radical (unpaired) electrons. The third kappa shape index (κ3) is 17.7. The third-order valence-corrected chi connectivity index (χ3v) is 15.9. The maximum atomic E-state index is 14.5. The van der Waals surface area contributed by atoms with Gasteiger partial charge < -0.3 is 40.4 Å². The first-order chi connectivity index (χ1) is 35.7. The summed E-state index contributed by atoms with van der Waals surface area (Å²) in [5.74, 6) is -2.22. The molecule has 0 spiro atoms. The number of fused-ring (bicyclic) bond motifs is 3. The second-order valence-electron chi connectivity index (χ2n) is 22.3. The van der Waals surface area contributed by atoms with Gasteiger partial charge in [-0.15, -0.1) is 0 Å². The summed E-state index contributed by atoms with van der Waals surface area (Å²) in [5.41, 5.74) is 4.78. The number of cyclic esters (lactones) is 1. The molecule has 4 heterocycles. The second kappa shape index (κ2) is 29.4. The lowest BCUT2D eigenvalue weighted by atomic mass is 9.82. The molecule has 2 bridgehead atoms. The molecule has 15 heteroatoms. The number of aromatic hydroxyl groups is 1. The average Bonchev–Trinajstić information content (AvgIpc) is 3.38. The van der Waals surface area contributed by atoms with Gasteiger partial charge in [-0.3, -0.25) is 29.0 Å². The number of nitrogens with one attached hydrogen (secondary N) is 4. The number of benzene rings is 1. The van der Waals surface area contributed by atoms with Gasteiger partial charge in [0.25, 0.3) is 5.91 Å². The number of carbonyl (C=O) groups is 5. The van der Waals surface area contributed by atoms with E-state index in [1.165, 1.54) is 11.1 Å². The molecule has 6 N–H and O–H groups in total. The fraction of sp³-hybridized carbons (Fsp3) is 0.650. The molecule has 75 heavy (non-hydrogen) atoms. The molecular weight excluding hydrogens is 951 g/mol. The van der Waals surface area contributed by atoms with Crippen LogP contribution >= 0.6 is 0 Å². The number of amides is 4. The van der Waals surface area contributed by atoms with E-state index >= 15 is 0 Å². The van der Waals surface area contributed by atoms with Crippen LogP contribution in [-0.4, -0.2) is 107 Å². The number of phenols is 1. The lowest BCUT2D eigenvalue weighted by molar-refractivity contribution is -0.156. The van der Waals surface area contributed by atoms with Crippen molar-refractivity contribution in [2.75, 3.05) is 13.7 Å². The number of carbonyl (C=O) groups excluding carboxylic acids is 5. The summed E-state index contributed by atoms with van der Waals surface area (Å²) in [6.07, 6.45) is 23.3. The highest BCUT2D eigenvalue weighted by Gasteiger charge is 2.42. The first-order valence-corrected chi connectivity index (χ1v) is 28.0. The zero-order valence-corrected chi connectivity index (χ0v) is 46.6. The van der Waals surface area contributed by atoms with E-state index in [1.807, 2.05) is 71.9 Å². The van der Waals surface area contributed by atoms with Gasteiger partial charge in [-0.25, -0.2) is 5.43 Å². The fourth-order valence-electron chi connectivity index (χ4n) is 10.8. The fourth-order valence-corrected chi connectivity index (χ4v) is 10.8. The van der Waals surface area contributed by atoms with E-state index < -0.39 is 59.8 Å². The molecule has 0 saturated carbocycles. The summed E-state index contributed by atoms with van der Waals surface area (Å²) >= 11 is 0. The molecule has 11 unspecified atom stereocenters. The highest BCUT2D eigenvalue weighted by Crippen LogP contribution is 2.34. The Morgan fingerprint density at radius 1 is 0.933 bits per heavy atom. The van der Waals surface area contributed by atoms with Crippen LogP contribution in [0.5, 0.6) is 5.75 Å². The van der Waals surface area contributed by atoms with Gasteiger partial charge in [-0.1, -0.05) is 102 Å². The van der Waals surface area contributed by atoms with Crippen molar-refractivity contribution in [3.63, 3.8) is 0 Å². The standard InChI is InChI=1S/C60H91N5O10/c1-11-46-32-33-60(73-10,63-55(46)68)43(8)35-39(4)28-31-51(67)40(5)21-16-14-17-22-41(6)52-27-18-13-12-15-23-42(7)54-48(30-29-44(9)74-54)56(69)62-53(38(2)3)57(70)61-50(37-45-24-19-25-47(66)36-45)58(71)65-34-20-26-49(64-65)59(72)75-52/h12-15,17-19,22,24-25,35-36,38-40,42,44,46,48-54,64,66-67H,11,16,20-21,23,26-34,37H2,1-10H3,(H,61,70)(H,62,69)(H,63,68)/b15-12+,17-14+,18-13+,41-22+,43-35-/t39?,40?,42?,44?,46?,48?,49?,50?,51?,52-,53?,54?,60+/m0/s1. The van der Waals surface area contributed by atoms with Crippen molar-refractivity contribution in [2.45, 2.75) is 200 Å². The van der Waals surface area contributed by atoms with Gasteiger partial charge in [-0.05, 0) is 144 Å². The van der Waals surface area contributed by atoms with Crippen molar-refractivity contribution in [3.05, 3.63) is 89.6 Å². The molecule has 416 valence electrons. The summed E-state index contributed by atoms with van der Waals surface area (Å²) in [6, 6.07) is 3.62. The number of ether oxygens (including phenoxy) is 3. The number of phenolic OH excluding ortho intramolecular Hbond substituents is 1. The largest absolute Gasteiger partial charge is 0.508 e. The van der Waals surface area contributed by atoms with Crippen molar-refractivity contribution in [1.29, 1.82) is 0 Å². The smallest absolute Gasteiger partial charge is 0.325 e. The highest BCUT2D eigenvalue weighted by atomic mass is 16.5.